The fourth-order valence-corrected chi connectivity index (χ4v) is 1.69. The highest BCUT2D eigenvalue weighted by atomic mass is 35.5. The van der Waals surface area contributed by atoms with Gasteiger partial charge in [0.25, 0.3) is 0 Å². The van der Waals surface area contributed by atoms with Crippen LogP contribution in [0.25, 0.3) is 0 Å². The molecule has 1 rings (SSSR count). The smallest absolute Gasteiger partial charge is 0.317 e. The van der Waals surface area contributed by atoms with E-state index >= 15 is 0 Å². The van der Waals surface area contributed by atoms with Crippen molar-refractivity contribution in [3.05, 3.63) is 29.3 Å². The van der Waals surface area contributed by atoms with Gasteiger partial charge in [0, 0.05) is 11.6 Å². The molecule has 5 heteroatoms. The van der Waals surface area contributed by atoms with Gasteiger partial charge in [-0.3, -0.25) is 0 Å². The van der Waals surface area contributed by atoms with Crippen LogP contribution in [0.2, 0.25) is 5.02 Å². The van der Waals surface area contributed by atoms with Crippen molar-refractivity contribution in [2.24, 2.45) is 0 Å². The van der Waals surface area contributed by atoms with E-state index in [9.17, 15) is 4.79 Å². The van der Waals surface area contributed by atoms with E-state index in [0.29, 0.717) is 17.3 Å². The highest BCUT2D eigenvalue weighted by molar-refractivity contribution is 6.30. The second-order valence-electron chi connectivity index (χ2n) is 4.32. The van der Waals surface area contributed by atoms with E-state index in [4.69, 9.17) is 16.3 Å². The van der Waals surface area contributed by atoms with Crippen LogP contribution in [0.1, 0.15) is 33.1 Å². The van der Waals surface area contributed by atoms with E-state index < -0.39 is 6.23 Å². The lowest BCUT2D eigenvalue weighted by atomic mass is 10.2. The van der Waals surface area contributed by atoms with Crippen LogP contribution in [-0.4, -0.2) is 18.8 Å². The first-order valence-corrected chi connectivity index (χ1v) is 6.96. The second-order valence-corrected chi connectivity index (χ2v) is 4.76. The second kappa shape index (κ2) is 8.64. The topological polar surface area (TPSA) is 50.4 Å². The SMILES string of the molecule is CCCCCNC(=O)NC(C)Oc1ccc(Cl)cc1. The summed E-state index contributed by atoms with van der Waals surface area (Å²) in [5.74, 6) is 0.670. The molecular formula is C14H21ClN2O2. The third-order valence-electron chi connectivity index (χ3n) is 2.53. The molecule has 0 saturated heterocycles. The van der Waals surface area contributed by atoms with E-state index in [2.05, 4.69) is 17.6 Å². The lowest BCUT2D eigenvalue weighted by molar-refractivity contribution is 0.177. The number of benzene rings is 1. The summed E-state index contributed by atoms with van der Waals surface area (Å²) in [7, 11) is 0. The molecule has 0 aromatic heterocycles. The molecule has 1 unspecified atom stereocenters. The van der Waals surface area contributed by atoms with Crippen LogP contribution in [0.5, 0.6) is 5.75 Å². The first kappa shape index (κ1) is 15.6. The largest absolute Gasteiger partial charge is 0.471 e. The number of halogens is 1. The molecule has 1 atom stereocenters. The van der Waals surface area contributed by atoms with Crippen molar-refractivity contribution in [1.82, 2.24) is 10.6 Å². The fourth-order valence-electron chi connectivity index (χ4n) is 1.56. The van der Waals surface area contributed by atoms with Crippen molar-refractivity contribution in [3.8, 4) is 5.75 Å². The maximum Gasteiger partial charge on any atom is 0.317 e. The van der Waals surface area contributed by atoms with Crippen molar-refractivity contribution in [2.45, 2.75) is 39.3 Å². The van der Waals surface area contributed by atoms with E-state index in [1.165, 1.54) is 0 Å². The maximum absolute atomic E-state index is 11.5. The van der Waals surface area contributed by atoms with Crippen LogP contribution in [0.15, 0.2) is 24.3 Å². The molecule has 2 N–H and O–H groups in total. The molecule has 0 aliphatic heterocycles. The first-order chi connectivity index (χ1) is 9.11. The Bertz CT molecular complexity index is 382. The molecular weight excluding hydrogens is 264 g/mol. The molecule has 106 valence electrons. The number of carbonyl (C=O) groups is 1. The van der Waals surface area contributed by atoms with Crippen molar-refractivity contribution in [2.75, 3.05) is 6.54 Å². The normalized spacial score (nSPS) is 11.7. The van der Waals surface area contributed by atoms with Gasteiger partial charge < -0.3 is 15.4 Å². The Hall–Kier alpha value is -1.42. The van der Waals surface area contributed by atoms with Crippen molar-refractivity contribution in [3.63, 3.8) is 0 Å². The number of ether oxygens (including phenoxy) is 1. The lowest BCUT2D eigenvalue weighted by Crippen LogP contribution is -2.43. The number of amides is 2. The van der Waals surface area contributed by atoms with E-state index in [1.807, 2.05) is 0 Å². The quantitative estimate of drug-likeness (QED) is 0.594. The van der Waals surface area contributed by atoms with E-state index in [0.717, 1.165) is 19.3 Å². The molecule has 0 aliphatic rings. The van der Waals surface area contributed by atoms with Gasteiger partial charge in [-0.2, -0.15) is 0 Å². The molecule has 2 amide bonds. The molecule has 1 aromatic rings. The number of urea groups is 1. The summed E-state index contributed by atoms with van der Waals surface area (Å²) < 4.78 is 5.54. The van der Waals surface area contributed by atoms with Crippen LogP contribution in [0.4, 0.5) is 4.79 Å². The van der Waals surface area contributed by atoms with Gasteiger partial charge in [-0.25, -0.2) is 4.79 Å². The Morgan fingerprint density at radius 1 is 1.32 bits per heavy atom. The Morgan fingerprint density at radius 3 is 2.63 bits per heavy atom. The fraction of sp³-hybridized carbons (Fsp3) is 0.500. The summed E-state index contributed by atoms with van der Waals surface area (Å²) in [6, 6.07) is 6.81. The maximum atomic E-state index is 11.5. The van der Waals surface area contributed by atoms with Crippen LogP contribution in [-0.2, 0) is 0 Å². The van der Waals surface area contributed by atoms with E-state index in [-0.39, 0.29) is 6.03 Å². The summed E-state index contributed by atoms with van der Waals surface area (Å²) in [5, 5.41) is 6.16. The third-order valence-corrected chi connectivity index (χ3v) is 2.78. The summed E-state index contributed by atoms with van der Waals surface area (Å²) in [4.78, 5) is 11.5. The van der Waals surface area contributed by atoms with Gasteiger partial charge in [0.05, 0.1) is 0 Å². The predicted molar refractivity (Wildman–Crippen MR) is 77.6 cm³/mol. The minimum absolute atomic E-state index is 0.211. The summed E-state index contributed by atoms with van der Waals surface area (Å²) >= 11 is 5.78. The third kappa shape index (κ3) is 6.91. The van der Waals surface area contributed by atoms with Crippen LogP contribution in [0, 0.1) is 0 Å². The lowest BCUT2D eigenvalue weighted by Gasteiger charge is -2.16. The van der Waals surface area contributed by atoms with Gasteiger partial charge in [0.1, 0.15) is 5.75 Å². The molecule has 0 saturated carbocycles. The van der Waals surface area contributed by atoms with E-state index in [1.54, 1.807) is 31.2 Å². The predicted octanol–water partition coefficient (Wildman–Crippen LogP) is 3.55. The van der Waals surface area contributed by atoms with Crippen molar-refractivity contribution < 1.29 is 9.53 Å². The Kier molecular flexibility index (Phi) is 7.11. The molecule has 0 bridgehead atoms. The van der Waals surface area contributed by atoms with Gasteiger partial charge in [-0.05, 0) is 37.6 Å². The van der Waals surface area contributed by atoms with Crippen molar-refractivity contribution >= 4 is 17.6 Å². The van der Waals surface area contributed by atoms with Crippen molar-refractivity contribution in [1.29, 1.82) is 0 Å². The standard InChI is InChI=1S/C14H21ClN2O2/c1-3-4-5-10-16-14(18)17-11(2)19-13-8-6-12(15)7-9-13/h6-9,11H,3-5,10H2,1-2H3,(H2,16,17,18). The molecule has 19 heavy (non-hydrogen) atoms. The molecule has 0 fully saturated rings. The first-order valence-electron chi connectivity index (χ1n) is 6.58. The van der Waals surface area contributed by atoms with Gasteiger partial charge in [0.2, 0.25) is 0 Å². The number of unbranched alkanes of at least 4 members (excludes halogenated alkanes) is 2. The number of hydrogen-bond acceptors (Lipinski definition) is 2. The molecule has 0 heterocycles. The van der Waals surface area contributed by atoms with Gasteiger partial charge in [-0.1, -0.05) is 31.4 Å². The number of carbonyl (C=O) groups excluding carboxylic acids is 1. The average Bonchev–Trinajstić information content (AvgIpc) is 2.37. The van der Waals surface area contributed by atoms with Gasteiger partial charge in [-0.15, -0.1) is 0 Å². The summed E-state index contributed by atoms with van der Waals surface area (Å²) in [6.07, 6.45) is 2.86. The van der Waals surface area contributed by atoms with Crippen LogP contribution >= 0.6 is 11.6 Å². The molecule has 1 aromatic carbocycles. The molecule has 0 spiro atoms. The average molecular weight is 285 g/mol. The number of hydrogen-bond donors (Lipinski definition) is 2. The number of nitrogens with one attached hydrogen (secondary N) is 2. The van der Waals surface area contributed by atoms with Crippen LogP contribution < -0.4 is 15.4 Å². The monoisotopic (exact) mass is 284 g/mol. The Labute approximate surface area is 119 Å². The highest BCUT2D eigenvalue weighted by Gasteiger charge is 2.07. The number of rotatable bonds is 7. The molecule has 0 radical (unpaired) electrons. The van der Waals surface area contributed by atoms with Gasteiger partial charge in [0.15, 0.2) is 6.23 Å². The summed E-state index contributed by atoms with van der Waals surface area (Å²) in [5.41, 5.74) is 0. The van der Waals surface area contributed by atoms with Crippen LogP contribution in [0.3, 0.4) is 0 Å². The summed E-state index contributed by atoms with van der Waals surface area (Å²) in [6.45, 7) is 4.59. The molecule has 4 nitrogen and oxygen atoms in total. The molecule has 0 aliphatic carbocycles. The minimum Gasteiger partial charge on any atom is -0.471 e. The Morgan fingerprint density at radius 2 is 2.00 bits per heavy atom. The zero-order valence-electron chi connectivity index (χ0n) is 11.4. The zero-order valence-corrected chi connectivity index (χ0v) is 12.2. The minimum atomic E-state index is -0.396. The Balaban J connectivity index is 2.24. The zero-order chi connectivity index (χ0) is 14.1. The highest BCUT2D eigenvalue weighted by Crippen LogP contribution is 2.16. The van der Waals surface area contributed by atoms with Gasteiger partial charge >= 0.3 is 6.03 Å².